The van der Waals surface area contributed by atoms with Crippen molar-refractivity contribution >= 4 is 23.4 Å². The normalized spacial score (nSPS) is 10.8. The second kappa shape index (κ2) is 4.89. The van der Waals surface area contributed by atoms with Crippen LogP contribution in [-0.4, -0.2) is 24.7 Å². The third-order valence-electron chi connectivity index (χ3n) is 2.02. The van der Waals surface area contributed by atoms with Crippen LogP contribution in [0.4, 0.5) is 0 Å². The molecule has 17 heavy (non-hydrogen) atoms. The molecule has 2 aromatic heterocycles. The molecule has 0 saturated carbocycles. The van der Waals surface area contributed by atoms with Crippen molar-refractivity contribution in [1.82, 2.24) is 24.7 Å². The van der Waals surface area contributed by atoms with Crippen LogP contribution in [0.5, 0.6) is 0 Å². The maximum atomic E-state index is 11.4. The quantitative estimate of drug-likeness (QED) is 0.856. The zero-order valence-electron chi connectivity index (χ0n) is 9.27. The standard InChI is InChI=1S/C9H10ClN5OS/c1-3-15-8(16)13-14-9(15)17-7-4-6(10)11-5(2)12-7/h4H,3H2,1-2H3,(H,13,16). The topological polar surface area (TPSA) is 76.5 Å². The first-order valence-electron chi connectivity index (χ1n) is 4.94. The largest absolute Gasteiger partial charge is 0.343 e. The zero-order valence-corrected chi connectivity index (χ0v) is 10.8. The van der Waals surface area contributed by atoms with Crippen molar-refractivity contribution in [3.05, 3.63) is 27.5 Å². The number of nitrogens with zero attached hydrogens (tertiary/aromatic N) is 4. The Labute approximate surface area is 106 Å². The van der Waals surface area contributed by atoms with Crippen LogP contribution < -0.4 is 5.69 Å². The van der Waals surface area contributed by atoms with Crippen molar-refractivity contribution < 1.29 is 0 Å². The van der Waals surface area contributed by atoms with E-state index in [-0.39, 0.29) is 5.69 Å². The summed E-state index contributed by atoms with van der Waals surface area (Å²) in [4.78, 5) is 19.5. The number of nitrogens with one attached hydrogen (secondary N) is 1. The molecule has 2 heterocycles. The molecule has 0 saturated heterocycles. The number of halogens is 1. The average molecular weight is 272 g/mol. The Morgan fingerprint density at radius 2 is 2.29 bits per heavy atom. The summed E-state index contributed by atoms with van der Waals surface area (Å²) in [5, 5.41) is 7.92. The summed E-state index contributed by atoms with van der Waals surface area (Å²) in [6.07, 6.45) is 0. The Hall–Kier alpha value is -1.34. The molecule has 0 radical (unpaired) electrons. The molecule has 0 unspecified atom stereocenters. The monoisotopic (exact) mass is 271 g/mol. The highest BCUT2D eigenvalue weighted by Crippen LogP contribution is 2.24. The van der Waals surface area contributed by atoms with Crippen LogP contribution in [0.15, 0.2) is 21.0 Å². The van der Waals surface area contributed by atoms with E-state index in [4.69, 9.17) is 11.6 Å². The van der Waals surface area contributed by atoms with Gasteiger partial charge in [0.25, 0.3) is 0 Å². The number of aryl methyl sites for hydroxylation is 1. The van der Waals surface area contributed by atoms with Crippen LogP contribution in [0.1, 0.15) is 12.7 Å². The van der Waals surface area contributed by atoms with Crippen LogP contribution in [0.3, 0.4) is 0 Å². The molecular formula is C9H10ClN5OS. The molecular weight excluding hydrogens is 262 g/mol. The summed E-state index contributed by atoms with van der Waals surface area (Å²) in [6, 6.07) is 1.64. The Balaban J connectivity index is 2.34. The maximum absolute atomic E-state index is 11.4. The van der Waals surface area contributed by atoms with E-state index in [0.717, 1.165) is 0 Å². The first-order chi connectivity index (χ1) is 8.10. The zero-order chi connectivity index (χ0) is 12.4. The van der Waals surface area contributed by atoms with Crippen LogP contribution in [-0.2, 0) is 6.54 Å². The van der Waals surface area contributed by atoms with Gasteiger partial charge in [0.2, 0.25) is 0 Å². The van der Waals surface area contributed by atoms with E-state index >= 15 is 0 Å². The summed E-state index contributed by atoms with van der Waals surface area (Å²) in [5.41, 5.74) is -0.230. The van der Waals surface area contributed by atoms with Gasteiger partial charge in [-0.25, -0.2) is 19.9 Å². The van der Waals surface area contributed by atoms with E-state index in [1.165, 1.54) is 16.3 Å². The van der Waals surface area contributed by atoms with Gasteiger partial charge in [0, 0.05) is 12.6 Å². The molecule has 0 bridgehead atoms. The van der Waals surface area contributed by atoms with Crippen molar-refractivity contribution in [3.63, 3.8) is 0 Å². The lowest BCUT2D eigenvalue weighted by molar-refractivity contribution is 0.660. The van der Waals surface area contributed by atoms with Gasteiger partial charge in [0.05, 0.1) is 0 Å². The van der Waals surface area contributed by atoms with Gasteiger partial charge in [0.1, 0.15) is 16.0 Å². The van der Waals surface area contributed by atoms with Crippen molar-refractivity contribution in [2.24, 2.45) is 0 Å². The molecule has 0 atom stereocenters. The highest BCUT2D eigenvalue weighted by Gasteiger charge is 2.10. The number of H-pyrrole nitrogens is 1. The smallest absolute Gasteiger partial charge is 0.270 e. The van der Waals surface area contributed by atoms with Gasteiger partial charge in [-0.3, -0.25) is 4.57 Å². The Morgan fingerprint density at radius 1 is 1.53 bits per heavy atom. The molecule has 8 heteroatoms. The fourth-order valence-corrected chi connectivity index (χ4v) is 2.55. The Kier molecular flexibility index (Phi) is 3.49. The molecule has 2 rings (SSSR count). The van der Waals surface area contributed by atoms with Gasteiger partial charge in [-0.15, -0.1) is 5.10 Å². The van der Waals surface area contributed by atoms with Crippen LogP contribution >= 0.6 is 23.4 Å². The molecule has 0 amide bonds. The lowest BCUT2D eigenvalue weighted by Crippen LogP contribution is -2.16. The summed E-state index contributed by atoms with van der Waals surface area (Å²) < 4.78 is 1.52. The van der Waals surface area contributed by atoms with Gasteiger partial charge >= 0.3 is 5.69 Å². The molecule has 1 N–H and O–H groups in total. The van der Waals surface area contributed by atoms with E-state index in [1.807, 2.05) is 6.92 Å². The number of aromatic amines is 1. The SMILES string of the molecule is CCn1c(Sc2cc(Cl)nc(C)n2)n[nH]c1=O. The minimum Gasteiger partial charge on any atom is -0.270 e. The third-order valence-corrected chi connectivity index (χ3v) is 3.12. The summed E-state index contributed by atoms with van der Waals surface area (Å²) in [7, 11) is 0. The van der Waals surface area contributed by atoms with E-state index in [0.29, 0.717) is 27.7 Å². The number of aromatic nitrogens is 5. The van der Waals surface area contributed by atoms with Crippen LogP contribution in [0, 0.1) is 6.92 Å². The van der Waals surface area contributed by atoms with E-state index in [2.05, 4.69) is 20.2 Å². The molecule has 0 aromatic carbocycles. The predicted octanol–water partition coefficient (Wildman–Crippen LogP) is 1.49. The second-order valence-electron chi connectivity index (χ2n) is 3.23. The second-order valence-corrected chi connectivity index (χ2v) is 4.61. The van der Waals surface area contributed by atoms with E-state index < -0.39 is 0 Å². The highest BCUT2D eigenvalue weighted by atomic mass is 35.5. The summed E-state index contributed by atoms with van der Waals surface area (Å²) >= 11 is 7.11. The number of hydrogen-bond acceptors (Lipinski definition) is 5. The van der Waals surface area contributed by atoms with E-state index in [9.17, 15) is 4.79 Å². The lowest BCUT2D eigenvalue weighted by Gasteiger charge is -2.02. The van der Waals surface area contributed by atoms with Gasteiger partial charge < -0.3 is 0 Å². The molecule has 6 nitrogen and oxygen atoms in total. The Morgan fingerprint density at radius 3 is 2.94 bits per heavy atom. The minimum atomic E-state index is -0.230. The molecule has 0 fully saturated rings. The number of hydrogen-bond donors (Lipinski definition) is 1. The molecule has 90 valence electrons. The van der Waals surface area contributed by atoms with Crippen molar-refractivity contribution in [1.29, 1.82) is 0 Å². The first-order valence-corrected chi connectivity index (χ1v) is 6.14. The van der Waals surface area contributed by atoms with E-state index in [1.54, 1.807) is 13.0 Å². The average Bonchev–Trinajstić information content (AvgIpc) is 2.57. The van der Waals surface area contributed by atoms with Crippen LogP contribution in [0.2, 0.25) is 5.15 Å². The fourth-order valence-electron chi connectivity index (χ4n) is 1.31. The van der Waals surface area contributed by atoms with Crippen molar-refractivity contribution in [2.75, 3.05) is 0 Å². The van der Waals surface area contributed by atoms with Gasteiger partial charge in [-0.05, 0) is 25.6 Å². The lowest BCUT2D eigenvalue weighted by atomic mass is 10.6. The van der Waals surface area contributed by atoms with Gasteiger partial charge in [-0.1, -0.05) is 11.6 Å². The Bertz CT molecular complexity index is 573. The van der Waals surface area contributed by atoms with Crippen molar-refractivity contribution in [3.8, 4) is 0 Å². The third kappa shape index (κ3) is 2.67. The molecule has 0 aliphatic rings. The fraction of sp³-hybridized carbons (Fsp3) is 0.333. The minimum absolute atomic E-state index is 0.230. The van der Waals surface area contributed by atoms with Gasteiger partial charge in [-0.2, -0.15) is 0 Å². The highest BCUT2D eigenvalue weighted by molar-refractivity contribution is 7.99. The molecule has 0 aliphatic carbocycles. The first kappa shape index (κ1) is 12.1. The maximum Gasteiger partial charge on any atom is 0.343 e. The van der Waals surface area contributed by atoms with Gasteiger partial charge in [0.15, 0.2) is 5.16 Å². The summed E-state index contributed by atoms with van der Waals surface area (Å²) in [5.74, 6) is 0.584. The molecule has 0 aliphatic heterocycles. The van der Waals surface area contributed by atoms with Crippen LogP contribution in [0.25, 0.3) is 0 Å². The molecule has 2 aromatic rings. The summed E-state index contributed by atoms with van der Waals surface area (Å²) in [6.45, 7) is 4.18. The molecule has 0 spiro atoms. The predicted molar refractivity (Wildman–Crippen MR) is 64.4 cm³/mol. The van der Waals surface area contributed by atoms with Crippen molar-refractivity contribution in [2.45, 2.75) is 30.6 Å². The number of rotatable bonds is 3.